The van der Waals surface area contributed by atoms with Crippen molar-refractivity contribution in [1.29, 1.82) is 0 Å². The molecule has 2 aliphatic heterocycles. The number of hydrogen-bond acceptors (Lipinski definition) is 6. The van der Waals surface area contributed by atoms with Crippen molar-refractivity contribution in [2.45, 2.75) is 48.4 Å². The number of hydrogen-bond donors (Lipinski definition) is 2. The van der Waals surface area contributed by atoms with Crippen molar-refractivity contribution < 1.29 is 27.5 Å². The Balaban J connectivity index is 1.52. The Morgan fingerprint density at radius 2 is 1.71 bits per heavy atom. The minimum absolute atomic E-state index is 0.0500. The zero-order valence-corrected chi connectivity index (χ0v) is 26.4. The molecule has 2 aliphatic rings. The van der Waals surface area contributed by atoms with Crippen LogP contribution >= 0.6 is 36.9 Å². The molecule has 230 valence electrons. The molecule has 2 atom stereocenters. The van der Waals surface area contributed by atoms with E-state index in [9.17, 15) is 22.8 Å². The molecule has 12 heteroatoms. The van der Waals surface area contributed by atoms with Gasteiger partial charge in [0.25, 0.3) is 5.91 Å². The van der Waals surface area contributed by atoms with E-state index >= 15 is 0 Å². The molecule has 0 aliphatic carbocycles. The molecule has 2 aromatic rings. The minimum Gasteiger partial charge on any atom is -0.496 e. The first-order chi connectivity index (χ1) is 19.7. The Labute approximate surface area is 261 Å². The molecule has 0 N–H and O–H groups in total. The molecule has 2 amide bonds. The average molecular weight is 644 g/mol. The maximum absolute atomic E-state index is 13.7. The Morgan fingerprint density at radius 3 is 2.29 bits per heavy atom. The molecule has 2 heterocycles. The maximum Gasteiger partial charge on any atom is 0.419 e. The molecular formula is C30H37ClF3N3O3S2. The summed E-state index contributed by atoms with van der Waals surface area (Å²) < 4.78 is 45.5. The van der Waals surface area contributed by atoms with Crippen LogP contribution in [0.1, 0.15) is 53.6 Å². The topological polar surface area (TPSA) is 53.1 Å². The molecule has 6 nitrogen and oxygen atoms in total. The van der Waals surface area contributed by atoms with Gasteiger partial charge in [-0.3, -0.25) is 9.59 Å². The summed E-state index contributed by atoms with van der Waals surface area (Å²) in [5, 5.41) is 0.562. The molecule has 0 saturated carbocycles. The van der Waals surface area contributed by atoms with Crippen molar-refractivity contribution >= 4 is 48.7 Å². The third-order valence-electron chi connectivity index (χ3n) is 8.31. The number of alkyl halides is 3. The smallest absolute Gasteiger partial charge is 0.419 e. The van der Waals surface area contributed by atoms with Crippen molar-refractivity contribution in [3.8, 4) is 5.75 Å². The molecule has 2 unspecified atom stereocenters. The summed E-state index contributed by atoms with van der Waals surface area (Å²) in [5.41, 5.74) is -0.209. The van der Waals surface area contributed by atoms with Gasteiger partial charge in [-0.05, 0) is 75.2 Å². The van der Waals surface area contributed by atoms with Gasteiger partial charge in [0, 0.05) is 49.1 Å². The Kier molecular flexibility index (Phi) is 10.4. The number of carbonyl (C=O) groups is 2. The largest absolute Gasteiger partial charge is 0.496 e. The highest BCUT2D eigenvalue weighted by Crippen LogP contribution is 2.38. The normalized spacial score (nSPS) is 20.5. The lowest BCUT2D eigenvalue weighted by Gasteiger charge is -2.34. The zero-order valence-electron chi connectivity index (χ0n) is 23.9. The van der Waals surface area contributed by atoms with E-state index in [-0.39, 0.29) is 39.7 Å². The van der Waals surface area contributed by atoms with Crippen LogP contribution in [0, 0.1) is 5.92 Å². The number of benzene rings is 2. The second kappa shape index (κ2) is 13.3. The standard InChI is InChI=1S/C30H37ClF3N3O3S2/c1-29(41,42)12-15-36-13-10-20(11-14-36)28(39)37-17-23(19-4-7-22(31)8-5-19)25(18-37)35(2)27(38)21-6-9-26(40-3)24(16-21)30(32,33)34/h4-9,16,20,23,25,41-42H,10-15,17-18H2,1-3H3. The molecule has 4 rings (SSSR count). The predicted octanol–water partition coefficient (Wildman–Crippen LogP) is 6.11. The van der Waals surface area contributed by atoms with E-state index in [0.717, 1.165) is 63.7 Å². The number of thiol groups is 2. The lowest BCUT2D eigenvalue weighted by atomic mass is 9.93. The van der Waals surface area contributed by atoms with Gasteiger partial charge in [0.1, 0.15) is 5.75 Å². The Morgan fingerprint density at radius 1 is 1.07 bits per heavy atom. The van der Waals surface area contributed by atoms with Gasteiger partial charge in [-0.1, -0.05) is 23.7 Å². The summed E-state index contributed by atoms with van der Waals surface area (Å²) in [7, 11) is 2.74. The molecule has 0 radical (unpaired) electrons. The number of nitrogens with zero attached hydrogens (tertiary/aromatic N) is 3. The van der Waals surface area contributed by atoms with Crippen molar-refractivity contribution in [3.63, 3.8) is 0 Å². The van der Waals surface area contributed by atoms with E-state index in [1.54, 1.807) is 19.2 Å². The number of halogens is 4. The molecule has 0 aromatic heterocycles. The first-order valence-corrected chi connectivity index (χ1v) is 15.2. The molecule has 2 saturated heterocycles. The van der Waals surface area contributed by atoms with Crippen molar-refractivity contribution in [2.75, 3.05) is 46.9 Å². The van der Waals surface area contributed by atoms with Gasteiger partial charge in [0.15, 0.2) is 0 Å². The lowest BCUT2D eigenvalue weighted by molar-refractivity contribution is -0.139. The van der Waals surface area contributed by atoms with Crippen LogP contribution in [0.25, 0.3) is 0 Å². The Bertz CT molecular complexity index is 1270. The third kappa shape index (κ3) is 7.89. The van der Waals surface area contributed by atoms with Crippen LogP contribution in [0.15, 0.2) is 42.5 Å². The number of methoxy groups -OCH3 is 1. The van der Waals surface area contributed by atoms with Gasteiger partial charge in [0.2, 0.25) is 5.91 Å². The number of rotatable bonds is 8. The summed E-state index contributed by atoms with van der Waals surface area (Å²) >= 11 is 15.1. The summed E-state index contributed by atoms with van der Waals surface area (Å²) in [6.07, 6.45) is -2.38. The second-order valence-corrected chi connectivity index (χ2v) is 14.1. The van der Waals surface area contributed by atoms with Crippen LogP contribution in [0.5, 0.6) is 5.75 Å². The van der Waals surface area contributed by atoms with E-state index in [0.29, 0.717) is 11.6 Å². The third-order valence-corrected chi connectivity index (χ3v) is 9.01. The van der Waals surface area contributed by atoms with Crippen LogP contribution in [-0.4, -0.2) is 83.5 Å². The van der Waals surface area contributed by atoms with Gasteiger partial charge in [-0.2, -0.15) is 38.4 Å². The highest BCUT2D eigenvalue weighted by Gasteiger charge is 2.43. The number of amides is 2. The van der Waals surface area contributed by atoms with E-state index in [2.05, 4.69) is 30.2 Å². The predicted molar refractivity (Wildman–Crippen MR) is 165 cm³/mol. The summed E-state index contributed by atoms with van der Waals surface area (Å²) in [5.74, 6) is -1.22. The SMILES string of the molecule is COc1ccc(C(=O)N(C)C2CN(C(=O)C3CCN(CCC(C)(S)S)CC3)CC2c2ccc(Cl)cc2)cc1C(F)(F)F. The molecular weight excluding hydrogens is 607 g/mol. The number of carbonyl (C=O) groups excluding carboxylic acids is 2. The maximum atomic E-state index is 13.7. The van der Waals surface area contributed by atoms with Crippen LogP contribution in [0.2, 0.25) is 5.02 Å². The first-order valence-electron chi connectivity index (χ1n) is 13.9. The number of likely N-dealkylation sites (N-methyl/N-ethyl adjacent to an activating group) is 1. The molecule has 0 spiro atoms. The fourth-order valence-electron chi connectivity index (χ4n) is 5.84. The van der Waals surface area contributed by atoms with Crippen molar-refractivity contribution in [1.82, 2.24) is 14.7 Å². The van der Waals surface area contributed by atoms with Crippen LogP contribution in [0.3, 0.4) is 0 Å². The Hall–Kier alpha value is -2.08. The molecule has 0 bridgehead atoms. The van der Waals surface area contributed by atoms with Crippen LogP contribution in [0.4, 0.5) is 13.2 Å². The number of piperidine rings is 1. The summed E-state index contributed by atoms with van der Waals surface area (Å²) in [6, 6.07) is 10.1. The summed E-state index contributed by atoms with van der Waals surface area (Å²) in [4.78, 5) is 32.9. The van der Waals surface area contributed by atoms with Gasteiger partial charge < -0.3 is 19.4 Å². The first kappa shape index (κ1) is 32.8. The van der Waals surface area contributed by atoms with Crippen molar-refractivity contribution in [2.24, 2.45) is 5.92 Å². The van der Waals surface area contributed by atoms with Crippen LogP contribution in [-0.2, 0) is 11.0 Å². The van der Waals surface area contributed by atoms with Crippen molar-refractivity contribution in [3.05, 3.63) is 64.2 Å². The fourth-order valence-corrected chi connectivity index (χ4v) is 6.17. The van der Waals surface area contributed by atoms with Gasteiger partial charge in [-0.15, -0.1) is 0 Å². The van der Waals surface area contributed by atoms with Crippen LogP contribution < -0.4 is 4.74 Å². The van der Waals surface area contributed by atoms with E-state index in [1.807, 2.05) is 24.0 Å². The van der Waals surface area contributed by atoms with E-state index < -0.39 is 23.7 Å². The molecule has 2 fully saturated rings. The highest BCUT2D eigenvalue weighted by molar-refractivity contribution is 8.00. The molecule has 42 heavy (non-hydrogen) atoms. The number of ether oxygens (including phenoxy) is 1. The summed E-state index contributed by atoms with van der Waals surface area (Å²) in [6.45, 7) is 5.13. The van der Waals surface area contributed by atoms with E-state index in [4.69, 9.17) is 16.3 Å². The highest BCUT2D eigenvalue weighted by atomic mass is 35.5. The fraction of sp³-hybridized carbons (Fsp3) is 0.533. The molecule has 2 aromatic carbocycles. The van der Waals surface area contributed by atoms with Gasteiger partial charge >= 0.3 is 6.18 Å². The second-order valence-electron chi connectivity index (χ2n) is 11.4. The van der Waals surface area contributed by atoms with Gasteiger partial charge in [-0.25, -0.2) is 0 Å². The van der Waals surface area contributed by atoms with E-state index in [1.165, 1.54) is 11.0 Å². The quantitative estimate of drug-likeness (QED) is 0.269. The zero-order chi connectivity index (χ0) is 30.8. The number of likely N-dealkylation sites (tertiary alicyclic amines) is 2. The lowest BCUT2D eigenvalue weighted by Crippen LogP contribution is -2.44. The van der Waals surface area contributed by atoms with Gasteiger partial charge in [0.05, 0.1) is 22.8 Å². The minimum atomic E-state index is -4.68. The average Bonchev–Trinajstić information content (AvgIpc) is 3.40. The monoisotopic (exact) mass is 643 g/mol.